The zero-order chi connectivity index (χ0) is 26.8. The number of benzene rings is 3. The van der Waals surface area contributed by atoms with Crippen molar-refractivity contribution < 1.29 is 26.4 Å². The molecule has 4 rings (SSSR count). The Bertz CT molecular complexity index is 1390. The normalized spacial score (nSPS) is 15.5. The van der Waals surface area contributed by atoms with Crippen LogP contribution in [0.3, 0.4) is 0 Å². The fraction of sp³-hybridized carbons (Fsp3) is 0.269. The monoisotopic (exact) mass is 551 g/mol. The molecule has 3 aromatic carbocycles. The van der Waals surface area contributed by atoms with Crippen LogP contribution in [0.25, 0.3) is 0 Å². The lowest BCUT2D eigenvalue weighted by Crippen LogP contribution is -2.48. The fourth-order valence-corrected chi connectivity index (χ4v) is 5.64. The lowest BCUT2D eigenvalue weighted by molar-refractivity contribution is -0.137. The van der Waals surface area contributed by atoms with Crippen molar-refractivity contribution >= 4 is 33.2 Å². The number of aryl methyl sites for hydroxylation is 1. The first-order valence-corrected chi connectivity index (χ1v) is 13.3. The first kappa shape index (κ1) is 27.1. The molecule has 1 saturated heterocycles. The highest BCUT2D eigenvalue weighted by molar-refractivity contribution is 7.89. The quantitative estimate of drug-likeness (QED) is 0.444. The van der Waals surface area contributed by atoms with Crippen LogP contribution in [0.2, 0.25) is 5.02 Å². The molecule has 1 N–H and O–H groups in total. The van der Waals surface area contributed by atoms with E-state index in [9.17, 15) is 26.4 Å². The number of piperazine rings is 1. The minimum atomic E-state index is -4.56. The van der Waals surface area contributed by atoms with E-state index in [1.807, 2.05) is 13.0 Å². The van der Waals surface area contributed by atoms with Gasteiger partial charge in [-0.25, -0.2) is 8.42 Å². The van der Waals surface area contributed by atoms with Crippen molar-refractivity contribution in [2.75, 3.05) is 31.5 Å². The van der Waals surface area contributed by atoms with Crippen molar-refractivity contribution in [1.29, 1.82) is 0 Å². The van der Waals surface area contributed by atoms with Crippen LogP contribution in [-0.4, -0.2) is 49.7 Å². The number of nitrogens with zero attached hydrogens (tertiary/aromatic N) is 2. The van der Waals surface area contributed by atoms with E-state index in [0.29, 0.717) is 32.7 Å². The van der Waals surface area contributed by atoms with Crippen LogP contribution in [-0.2, 0) is 22.7 Å². The topological polar surface area (TPSA) is 69.7 Å². The number of nitrogens with one attached hydrogen (secondary N) is 1. The van der Waals surface area contributed by atoms with Gasteiger partial charge in [0, 0.05) is 38.3 Å². The van der Waals surface area contributed by atoms with Crippen LogP contribution >= 0.6 is 11.6 Å². The summed E-state index contributed by atoms with van der Waals surface area (Å²) in [7, 11) is -3.57. The maximum absolute atomic E-state index is 13.0. The smallest absolute Gasteiger partial charge is 0.321 e. The highest BCUT2D eigenvalue weighted by Gasteiger charge is 2.31. The molecule has 0 spiro atoms. The Hall–Kier alpha value is -2.92. The van der Waals surface area contributed by atoms with Gasteiger partial charge in [-0.15, -0.1) is 0 Å². The lowest BCUT2D eigenvalue weighted by Gasteiger charge is -2.34. The summed E-state index contributed by atoms with van der Waals surface area (Å²) < 4.78 is 66.4. The zero-order valence-electron chi connectivity index (χ0n) is 19.9. The van der Waals surface area contributed by atoms with Gasteiger partial charge in [-0.2, -0.15) is 17.5 Å². The molecule has 196 valence electrons. The molecule has 1 aliphatic heterocycles. The van der Waals surface area contributed by atoms with E-state index < -0.39 is 27.7 Å². The Morgan fingerprint density at radius 1 is 0.973 bits per heavy atom. The van der Waals surface area contributed by atoms with Gasteiger partial charge in [-0.1, -0.05) is 41.4 Å². The summed E-state index contributed by atoms with van der Waals surface area (Å²) in [6.07, 6.45) is -4.56. The van der Waals surface area contributed by atoms with Gasteiger partial charge in [0.25, 0.3) is 5.91 Å². The highest BCUT2D eigenvalue weighted by Crippen LogP contribution is 2.34. The Kier molecular flexibility index (Phi) is 7.94. The minimum absolute atomic E-state index is 0.00374. The number of sulfonamides is 1. The zero-order valence-corrected chi connectivity index (χ0v) is 21.5. The van der Waals surface area contributed by atoms with E-state index in [1.54, 1.807) is 42.5 Å². The van der Waals surface area contributed by atoms with Crippen LogP contribution in [0.4, 0.5) is 18.9 Å². The third-order valence-corrected chi connectivity index (χ3v) is 8.37. The summed E-state index contributed by atoms with van der Waals surface area (Å²) in [5.41, 5.74) is 1.03. The number of hydrogen-bond acceptors (Lipinski definition) is 4. The Morgan fingerprint density at radius 3 is 2.30 bits per heavy atom. The van der Waals surface area contributed by atoms with Crippen LogP contribution in [0, 0.1) is 6.92 Å². The summed E-state index contributed by atoms with van der Waals surface area (Å²) in [6, 6.07) is 16.3. The van der Waals surface area contributed by atoms with Crippen LogP contribution in [0.5, 0.6) is 0 Å². The molecule has 0 radical (unpaired) electrons. The highest BCUT2D eigenvalue weighted by atomic mass is 35.5. The first-order valence-electron chi connectivity index (χ1n) is 11.5. The number of halogens is 4. The molecule has 3 aromatic rings. The number of carbonyl (C=O) groups is 1. The average molecular weight is 552 g/mol. The van der Waals surface area contributed by atoms with Crippen molar-refractivity contribution in [1.82, 2.24) is 9.21 Å². The van der Waals surface area contributed by atoms with Gasteiger partial charge in [0.05, 0.1) is 21.2 Å². The number of hydrogen-bond donors (Lipinski definition) is 1. The van der Waals surface area contributed by atoms with Crippen LogP contribution in [0.15, 0.2) is 71.6 Å². The molecule has 0 atom stereocenters. The van der Waals surface area contributed by atoms with Crippen LogP contribution in [0.1, 0.15) is 27.0 Å². The van der Waals surface area contributed by atoms with E-state index >= 15 is 0 Å². The lowest BCUT2D eigenvalue weighted by atomic mass is 10.1. The second-order valence-electron chi connectivity index (χ2n) is 8.84. The summed E-state index contributed by atoms with van der Waals surface area (Å²) in [5, 5.41) is 2.45. The molecule has 1 heterocycles. The molecule has 1 amide bonds. The molecule has 6 nitrogen and oxygen atoms in total. The molecular weight excluding hydrogens is 527 g/mol. The number of carbonyl (C=O) groups excluding carboxylic acids is 1. The third-order valence-electron chi connectivity index (χ3n) is 6.13. The predicted octanol–water partition coefficient (Wildman–Crippen LogP) is 5.43. The molecule has 0 bridgehead atoms. The number of alkyl halides is 3. The average Bonchev–Trinajstić information content (AvgIpc) is 2.85. The van der Waals surface area contributed by atoms with Crippen molar-refractivity contribution in [2.45, 2.75) is 24.5 Å². The van der Waals surface area contributed by atoms with Crippen molar-refractivity contribution in [2.24, 2.45) is 0 Å². The van der Waals surface area contributed by atoms with E-state index in [-0.39, 0.29) is 21.2 Å². The maximum Gasteiger partial charge on any atom is 0.416 e. The second kappa shape index (κ2) is 10.8. The molecule has 0 saturated carbocycles. The van der Waals surface area contributed by atoms with E-state index in [0.717, 1.165) is 29.3 Å². The number of anilines is 1. The van der Waals surface area contributed by atoms with Crippen molar-refractivity contribution in [3.63, 3.8) is 0 Å². The molecule has 1 fully saturated rings. The Balaban J connectivity index is 1.38. The molecule has 0 unspecified atom stereocenters. The minimum Gasteiger partial charge on any atom is -0.321 e. The largest absolute Gasteiger partial charge is 0.416 e. The summed E-state index contributed by atoms with van der Waals surface area (Å²) in [5.74, 6) is -0.586. The van der Waals surface area contributed by atoms with Crippen LogP contribution < -0.4 is 5.32 Å². The van der Waals surface area contributed by atoms with Gasteiger partial charge < -0.3 is 5.32 Å². The molecule has 0 aliphatic carbocycles. The first-order chi connectivity index (χ1) is 17.4. The van der Waals surface area contributed by atoms with Gasteiger partial charge in [-0.05, 0) is 55.0 Å². The molecular formula is C26H25ClF3N3O3S. The van der Waals surface area contributed by atoms with Gasteiger partial charge >= 0.3 is 6.18 Å². The van der Waals surface area contributed by atoms with Gasteiger partial charge in [0.1, 0.15) is 0 Å². The number of amides is 1. The van der Waals surface area contributed by atoms with E-state index in [4.69, 9.17) is 11.6 Å². The molecule has 1 aliphatic rings. The molecule has 37 heavy (non-hydrogen) atoms. The van der Waals surface area contributed by atoms with Gasteiger partial charge in [0.2, 0.25) is 10.0 Å². The molecule has 11 heteroatoms. The number of rotatable bonds is 6. The fourth-order valence-electron chi connectivity index (χ4n) is 4.05. The van der Waals surface area contributed by atoms with Gasteiger partial charge in [0.15, 0.2) is 0 Å². The molecule has 0 aromatic heterocycles. The standard InChI is InChI=1S/C26H25ClF3N3O3S/c1-18-5-8-22(9-6-18)37(35,36)33-13-11-32(12-14-33)17-19-3-2-4-20(15-19)25(34)31-24-16-21(26(28,29)30)7-10-23(24)27/h2-10,15-16H,11-14,17H2,1H3,(H,31,34). The summed E-state index contributed by atoms with van der Waals surface area (Å²) in [6.45, 7) is 4.09. The SMILES string of the molecule is Cc1ccc(S(=O)(=O)N2CCN(Cc3cccc(C(=O)Nc4cc(C(F)(F)F)ccc4Cl)c3)CC2)cc1. The predicted molar refractivity (Wildman–Crippen MR) is 136 cm³/mol. The maximum atomic E-state index is 13.0. The second-order valence-corrected chi connectivity index (χ2v) is 11.2. The van der Waals surface area contributed by atoms with Crippen molar-refractivity contribution in [3.8, 4) is 0 Å². The van der Waals surface area contributed by atoms with Crippen molar-refractivity contribution in [3.05, 3.63) is 94.0 Å². The summed E-state index contributed by atoms with van der Waals surface area (Å²) >= 11 is 5.99. The van der Waals surface area contributed by atoms with Gasteiger partial charge in [-0.3, -0.25) is 9.69 Å². The Morgan fingerprint density at radius 2 is 1.65 bits per heavy atom. The third kappa shape index (κ3) is 6.51. The van der Waals surface area contributed by atoms with E-state index in [1.165, 1.54) is 4.31 Å². The van der Waals surface area contributed by atoms with E-state index in [2.05, 4.69) is 10.2 Å². The Labute approximate surface area is 218 Å². The summed E-state index contributed by atoms with van der Waals surface area (Å²) in [4.78, 5) is 15.1.